The van der Waals surface area contributed by atoms with Crippen LogP contribution in [0.4, 0.5) is 0 Å². The van der Waals surface area contributed by atoms with Crippen LogP contribution in [-0.4, -0.2) is 50.5 Å². The van der Waals surface area contributed by atoms with Crippen LogP contribution in [0, 0.1) is 0 Å². The van der Waals surface area contributed by atoms with Gasteiger partial charge in [-0.3, -0.25) is 0 Å². The number of hydrogen-bond acceptors (Lipinski definition) is 7. The van der Waals surface area contributed by atoms with Gasteiger partial charge in [0.25, 0.3) is 0 Å². The Kier molecular flexibility index (Phi) is 7.00. The van der Waals surface area contributed by atoms with Crippen molar-refractivity contribution in [1.82, 2.24) is 15.4 Å². The van der Waals surface area contributed by atoms with E-state index in [0.29, 0.717) is 46.6 Å². The van der Waals surface area contributed by atoms with Gasteiger partial charge in [-0.25, -0.2) is 0 Å². The number of aromatic amines is 1. The Morgan fingerprint density at radius 2 is 1.47 bits per heavy atom. The molecule has 2 aromatic carbocycles. The van der Waals surface area contributed by atoms with E-state index >= 15 is 0 Å². The number of benzene rings is 2. The number of nitrogens with zero attached hydrogens (tertiary/aromatic N) is 2. The third kappa shape index (κ3) is 4.12. The lowest BCUT2D eigenvalue weighted by Gasteiger charge is -2.18. The molecule has 0 aliphatic heterocycles. The molecule has 0 bridgehead atoms. The molecule has 8 nitrogen and oxygen atoms in total. The second-order valence-electron chi connectivity index (χ2n) is 6.47. The number of hydrogen-bond donors (Lipinski definition) is 1. The quantitative estimate of drug-likeness (QED) is 0.494. The molecule has 0 unspecified atom stereocenters. The van der Waals surface area contributed by atoms with Gasteiger partial charge in [0, 0.05) is 5.56 Å². The van der Waals surface area contributed by atoms with Gasteiger partial charge in [0.05, 0.1) is 40.6 Å². The summed E-state index contributed by atoms with van der Waals surface area (Å²) in [6.07, 6.45) is 2.12. The first-order chi connectivity index (χ1) is 14.7. The number of unbranched alkanes of at least 4 members (excludes halogenated alkanes) is 1. The second kappa shape index (κ2) is 9.87. The highest BCUT2D eigenvalue weighted by Crippen LogP contribution is 2.50. The summed E-state index contributed by atoms with van der Waals surface area (Å²) in [4.78, 5) is 0. The molecule has 1 heterocycles. The number of rotatable bonds is 10. The van der Waals surface area contributed by atoms with Crippen molar-refractivity contribution in [1.29, 1.82) is 0 Å². The molecule has 0 radical (unpaired) electrons. The summed E-state index contributed by atoms with van der Waals surface area (Å²) >= 11 is 0. The molecule has 0 aliphatic rings. The average Bonchev–Trinajstić information content (AvgIpc) is 3.27. The molecular weight excluding hydrogens is 386 g/mol. The third-order valence-electron chi connectivity index (χ3n) is 4.69. The van der Waals surface area contributed by atoms with E-state index in [0.717, 1.165) is 24.2 Å². The minimum Gasteiger partial charge on any atom is -0.494 e. The summed E-state index contributed by atoms with van der Waals surface area (Å²) in [6, 6.07) is 9.55. The maximum absolute atomic E-state index is 5.75. The Balaban J connectivity index is 2.04. The van der Waals surface area contributed by atoms with Gasteiger partial charge in [0.1, 0.15) is 17.1 Å². The Morgan fingerprint density at radius 1 is 0.800 bits per heavy atom. The van der Waals surface area contributed by atoms with Crippen LogP contribution in [-0.2, 0) is 0 Å². The summed E-state index contributed by atoms with van der Waals surface area (Å²) in [5.74, 6) is 2.66. The summed E-state index contributed by atoms with van der Waals surface area (Å²) in [5, 5.41) is 11.4. The van der Waals surface area contributed by atoms with Gasteiger partial charge in [-0.15, -0.1) is 0 Å². The number of ether oxygens (including phenoxy) is 5. The van der Waals surface area contributed by atoms with Gasteiger partial charge in [-0.05, 0) is 36.8 Å². The van der Waals surface area contributed by atoms with Crippen molar-refractivity contribution in [3.05, 3.63) is 30.3 Å². The van der Waals surface area contributed by atoms with E-state index in [4.69, 9.17) is 23.7 Å². The zero-order valence-corrected chi connectivity index (χ0v) is 17.9. The predicted octanol–water partition coefficient (Wildman–Crippen LogP) is 4.35. The van der Waals surface area contributed by atoms with Crippen LogP contribution in [0.15, 0.2) is 30.3 Å². The standard InChI is InChI=1S/C22H27N3O5/c1-6-7-12-30-15-10-8-14(9-11-15)18-19(24-25-23-18)16-13-17(26-2)21(28-4)22(29-5)20(16)27-3/h8-11,13H,6-7,12H2,1-5H3,(H,23,24,25). The lowest BCUT2D eigenvalue weighted by molar-refractivity contribution is 0.306. The highest BCUT2D eigenvalue weighted by molar-refractivity contribution is 5.85. The van der Waals surface area contributed by atoms with Gasteiger partial charge in [0.15, 0.2) is 11.5 Å². The Morgan fingerprint density at radius 3 is 2.07 bits per heavy atom. The van der Waals surface area contributed by atoms with Crippen molar-refractivity contribution in [3.63, 3.8) is 0 Å². The smallest absolute Gasteiger partial charge is 0.207 e. The number of methoxy groups -OCH3 is 4. The molecule has 0 aliphatic carbocycles. The molecule has 0 atom stereocenters. The van der Waals surface area contributed by atoms with E-state index in [-0.39, 0.29) is 0 Å². The molecule has 0 fully saturated rings. The molecule has 0 spiro atoms. The maximum atomic E-state index is 5.75. The van der Waals surface area contributed by atoms with Crippen molar-refractivity contribution in [2.45, 2.75) is 19.8 Å². The highest BCUT2D eigenvalue weighted by atomic mass is 16.5. The van der Waals surface area contributed by atoms with Crippen LogP contribution in [0.3, 0.4) is 0 Å². The molecule has 3 aromatic rings. The Hall–Kier alpha value is -3.42. The minimum absolute atomic E-state index is 0.419. The fraction of sp³-hybridized carbons (Fsp3) is 0.364. The van der Waals surface area contributed by atoms with E-state index < -0.39 is 0 Å². The summed E-state index contributed by atoms with van der Waals surface area (Å²) in [6.45, 7) is 2.84. The monoisotopic (exact) mass is 413 g/mol. The predicted molar refractivity (Wildman–Crippen MR) is 114 cm³/mol. The minimum atomic E-state index is 0.419. The number of H-pyrrole nitrogens is 1. The molecule has 0 amide bonds. The SMILES string of the molecule is CCCCOc1ccc(-c2n[nH]nc2-c2cc(OC)c(OC)c(OC)c2OC)cc1. The molecule has 30 heavy (non-hydrogen) atoms. The average molecular weight is 413 g/mol. The van der Waals surface area contributed by atoms with Crippen LogP contribution >= 0.6 is 0 Å². The van der Waals surface area contributed by atoms with Crippen molar-refractivity contribution in [2.75, 3.05) is 35.0 Å². The number of nitrogens with one attached hydrogen (secondary N) is 1. The normalized spacial score (nSPS) is 10.6. The van der Waals surface area contributed by atoms with Gasteiger partial charge < -0.3 is 23.7 Å². The molecule has 8 heteroatoms. The zero-order valence-electron chi connectivity index (χ0n) is 17.9. The lowest BCUT2D eigenvalue weighted by atomic mass is 10.0. The van der Waals surface area contributed by atoms with Crippen molar-refractivity contribution >= 4 is 0 Å². The van der Waals surface area contributed by atoms with E-state index in [1.54, 1.807) is 34.5 Å². The van der Waals surface area contributed by atoms with Crippen LogP contribution in [0.5, 0.6) is 28.7 Å². The highest BCUT2D eigenvalue weighted by Gasteiger charge is 2.26. The van der Waals surface area contributed by atoms with Crippen LogP contribution in [0.25, 0.3) is 22.5 Å². The third-order valence-corrected chi connectivity index (χ3v) is 4.69. The lowest BCUT2D eigenvalue weighted by Crippen LogP contribution is -2.00. The van der Waals surface area contributed by atoms with Crippen molar-refractivity contribution in [3.8, 4) is 51.3 Å². The molecule has 1 N–H and O–H groups in total. The van der Waals surface area contributed by atoms with Crippen LogP contribution in [0.1, 0.15) is 19.8 Å². The zero-order chi connectivity index (χ0) is 21.5. The molecule has 160 valence electrons. The van der Waals surface area contributed by atoms with Gasteiger partial charge in [-0.2, -0.15) is 15.4 Å². The van der Waals surface area contributed by atoms with E-state index in [2.05, 4.69) is 22.3 Å². The Bertz CT molecular complexity index is 970. The van der Waals surface area contributed by atoms with Crippen molar-refractivity contribution < 1.29 is 23.7 Å². The largest absolute Gasteiger partial charge is 0.494 e. The van der Waals surface area contributed by atoms with E-state index in [1.165, 1.54) is 0 Å². The number of aromatic nitrogens is 3. The second-order valence-corrected chi connectivity index (χ2v) is 6.47. The first-order valence-corrected chi connectivity index (χ1v) is 9.69. The summed E-state index contributed by atoms with van der Waals surface area (Å²) < 4.78 is 27.9. The molecule has 3 rings (SSSR count). The summed E-state index contributed by atoms with van der Waals surface area (Å²) in [5.41, 5.74) is 2.82. The first kappa shape index (κ1) is 21.3. The van der Waals surface area contributed by atoms with Crippen LogP contribution < -0.4 is 23.7 Å². The summed E-state index contributed by atoms with van der Waals surface area (Å²) in [7, 11) is 6.22. The van der Waals surface area contributed by atoms with E-state index in [9.17, 15) is 0 Å². The van der Waals surface area contributed by atoms with Crippen molar-refractivity contribution in [2.24, 2.45) is 0 Å². The first-order valence-electron chi connectivity index (χ1n) is 9.69. The molecular formula is C22H27N3O5. The maximum Gasteiger partial charge on any atom is 0.207 e. The molecule has 0 saturated heterocycles. The molecule has 0 saturated carbocycles. The topological polar surface area (TPSA) is 87.7 Å². The molecule has 1 aromatic heterocycles. The Labute approximate surface area is 176 Å². The fourth-order valence-electron chi connectivity index (χ4n) is 3.17. The van der Waals surface area contributed by atoms with Gasteiger partial charge >= 0.3 is 0 Å². The fourth-order valence-corrected chi connectivity index (χ4v) is 3.17. The van der Waals surface area contributed by atoms with E-state index in [1.807, 2.05) is 24.3 Å². The van der Waals surface area contributed by atoms with Crippen LogP contribution in [0.2, 0.25) is 0 Å². The van der Waals surface area contributed by atoms with Gasteiger partial charge in [-0.1, -0.05) is 13.3 Å². The van der Waals surface area contributed by atoms with Gasteiger partial charge in [0.2, 0.25) is 11.5 Å².